The normalized spacial score (nSPS) is 9.91. The van der Waals surface area contributed by atoms with Crippen LogP contribution < -0.4 is 15.0 Å². The molecule has 2 amide bonds. The fraction of sp³-hybridized carbons (Fsp3) is 0.176. The summed E-state index contributed by atoms with van der Waals surface area (Å²) in [5.74, 6) is 0.0465. The maximum Gasteiger partial charge on any atom is 0.244 e. The Kier molecular flexibility index (Phi) is 5.14. The zero-order valence-corrected chi connectivity index (χ0v) is 12.6. The smallest absolute Gasteiger partial charge is 0.244 e. The van der Waals surface area contributed by atoms with E-state index in [1.807, 2.05) is 24.3 Å². The van der Waals surface area contributed by atoms with E-state index in [4.69, 9.17) is 4.74 Å². The number of hydrogen-bond acceptors (Lipinski definition) is 3. The first-order valence-electron chi connectivity index (χ1n) is 6.88. The van der Waals surface area contributed by atoms with Crippen LogP contribution in [0.5, 0.6) is 5.75 Å². The number of nitrogens with one attached hydrogen (secondary N) is 1. The van der Waals surface area contributed by atoms with Crippen LogP contribution in [0.4, 0.5) is 11.4 Å². The van der Waals surface area contributed by atoms with Crippen LogP contribution in [0, 0.1) is 0 Å². The van der Waals surface area contributed by atoms with E-state index in [0.717, 1.165) is 0 Å². The van der Waals surface area contributed by atoms with Gasteiger partial charge in [0.1, 0.15) is 12.3 Å². The van der Waals surface area contributed by atoms with Crippen molar-refractivity contribution >= 4 is 23.2 Å². The standard InChI is InChI=1S/C17H18N2O3/c1-13(20)19(15-10-6-7-11-16(15)22-2)12-17(21)18-14-8-4-3-5-9-14/h3-11H,12H2,1-2H3,(H,18,21). The average Bonchev–Trinajstić information content (AvgIpc) is 2.53. The summed E-state index contributed by atoms with van der Waals surface area (Å²) in [7, 11) is 1.53. The van der Waals surface area contributed by atoms with Gasteiger partial charge in [0, 0.05) is 12.6 Å². The number of ether oxygens (including phenoxy) is 1. The Bertz CT molecular complexity index is 656. The minimum absolute atomic E-state index is 0.0788. The summed E-state index contributed by atoms with van der Waals surface area (Å²) in [6.45, 7) is 1.34. The molecule has 0 unspecified atom stereocenters. The number of benzene rings is 2. The summed E-state index contributed by atoms with van der Waals surface area (Å²) in [6.07, 6.45) is 0. The Labute approximate surface area is 129 Å². The van der Waals surface area contributed by atoms with Crippen LogP contribution in [0.1, 0.15) is 6.92 Å². The van der Waals surface area contributed by atoms with Crippen LogP contribution in [0.25, 0.3) is 0 Å². The van der Waals surface area contributed by atoms with Gasteiger partial charge < -0.3 is 10.1 Å². The highest BCUT2D eigenvalue weighted by molar-refractivity contribution is 6.02. The van der Waals surface area contributed by atoms with Gasteiger partial charge in [-0.05, 0) is 24.3 Å². The third kappa shape index (κ3) is 3.85. The van der Waals surface area contributed by atoms with Crippen molar-refractivity contribution in [1.82, 2.24) is 0 Å². The molecule has 2 rings (SSSR count). The fourth-order valence-electron chi connectivity index (χ4n) is 2.08. The van der Waals surface area contributed by atoms with Crippen LogP contribution in [-0.2, 0) is 9.59 Å². The lowest BCUT2D eigenvalue weighted by Gasteiger charge is -2.22. The molecular weight excluding hydrogens is 280 g/mol. The summed E-state index contributed by atoms with van der Waals surface area (Å²) in [5, 5.41) is 2.76. The van der Waals surface area contributed by atoms with E-state index in [1.54, 1.807) is 30.3 Å². The predicted molar refractivity (Wildman–Crippen MR) is 86.1 cm³/mol. The SMILES string of the molecule is COc1ccccc1N(CC(=O)Nc1ccccc1)C(C)=O. The first-order chi connectivity index (χ1) is 10.6. The van der Waals surface area contributed by atoms with Gasteiger partial charge in [-0.25, -0.2) is 0 Å². The van der Waals surface area contributed by atoms with E-state index in [2.05, 4.69) is 5.32 Å². The highest BCUT2D eigenvalue weighted by Gasteiger charge is 2.19. The van der Waals surface area contributed by atoms with Crippen LogP contribution in [0.2, 0.25) is 0 Å². The Morgan fingerprint density at radius 2 is 1.68 bits per heavy atom. The van der Waals surface area contributed by atoms with E-state index < -0.39 is 0 Å². The summed E-state index contributed by atoms with van der Waals surface area (Å²) in [6, 6.07) is 16.2. The van der Waals surface area contributed by atoms with Gasteiger partial charge in [0.2, 0.25) is 11.8 Å². The number of carbonyl (C=O) groups excluding carboxylic acids is 2. The number of amides is 2. The van der Waals surface area contributed by atoms with Crippen LogP contribution >= 0.6 is 0 Å². The molecular formula is C17H18N2O3. The molecule has 1 N–H and O–H groups in total. The van der Waals surface area contributed by atoms with Crippen LogP contribution in [-0.4, -0.2) is 25.5 Å². The lowest BCUT2D eigenvalue weighted by atomic mass is 10.2. The van der Waals surface area contributed by atoms with Gasteiger partial charge in [-0.3, -0.25) is 14.5 Å². The summed E-state index contributed by atoms with van der Waals surface area (Å²) in [5.41, 5.74) is 1.26. The van der Waals surface area contributed by atoms with Crippen molar-refractivity contribution in [2.24, 2.45) is 0 Å². The number of methoxy groups -OCH3 is 1. The number of anilines is 2. The monoisotopic (exact) mass is 298 g/mol. The molecule has 114 valence electrons. The molecule has 2 aromatic rings. The number of nitrogens with zero attached hydrogens (tertiary/aromatic N) is 1. The first kappa shape index (κ1) is 15.6. The van der Waals surface area contributed by atoms with Gasteiger partial charge in [0.25, 0.3) is 0 Å². The molecule has 0 saturated heterocycles. The molecule has 0 aromatic heterocycles. The van der Waals surface area contributed by atoms with E-state index in [9.17, 15) is 9.59 Å². The summed E-state index contributed by atoms with van der Waals surface area (Å²) in [4.78, 5) is 25.4. The Morgan fingerprint density at radius 3 is 2.32 bits per heavy atom. The van der Waals surface area contributed by atoms with Crippen molar-refractivity contribution in [2.45, 2.75) is 6.92 Å². The topological polar surface area (TPSA) is 58.6 Å². The second-order valence-electron chi connectivity index (χ2n) is 4.69. The molecule has 0 heterocycles. The Morgan fingerprint density at radius 1 is 1.05 bits per heavy atom. The third-order valence-corrected chi connectivity index (χ3v) is 3.12. The fourth-order valence-corrected chi connectivity index (χ4v) is 2.08. The minimum Gasteiger partial charge on any atom is -0.495 e. The minimum atomic E-state index is -0.271. The van der Waals surface area contributed by atoms with Crippen molar-refractivity contribution in [3.05, 3.63) is 54.6 Å². The molecule has 0 bridgehead atoms. The van der Waals surface area contributed by atoms with E-state index >= 15 is 0 Å². The number of carbonyl (C=O) groups is 2. The van der Waals surface area contributed by atoms with E-state index in [0.29, 0.717) is 17.1 Å². The highest BCUT2D eigenvalue weighted by atomic mass is 16.5. The van der Waals surface area contributed by atoms with Crippen molar-refractivity contribution in [2.75, 3.05) is 23.9 Å². The van der Waals surface area contributed by atoms with E-state index in [1.165, 1.54) is 18.9 Å². The first-order valence-corrected chi connectivity index (χ1v) is 6.88. The maximum absolute atomic E-state index is 12.2. The molecule has 5 nitrogen and oxygen atoms in total. The van der Waals surface area contributed by atoms with Crippen molar-refractivity contribution in [1.29, 1.82) is 0 Å². The van der Waals surface area contributed by atoms with Crippen molar-refractivity contribution in [3.63, 3.8) is 0 Å². The molecule has 0 aliphatic heterocycles. The predicted octanol–water partition coefficient (Wildman–Crippen LogP) is 2.69. The quantitative estimate of drug-likeness (QED) is 0.923. The zero-order chi connectivity index (χ0) is 15.9. The van der Waals surface area contributed by atoms with Crippen molar-refractivity contribution < 1.29 is 14.3 Å². The molecule has 0 radical (unpaired) electrons. The maximum atomic E-state index is 12.2. The molecule has 0 saturated carbocycles. The second-order valence-corrected chi connectivity index (χ2v) is 4.69. The molecule has 0 aliphatic rings. The zero-order valence-electron chi connectivity index (χ0n) is 12.6. The summed E-state index contributed by atoms with van der Waals surface area (Å²) < 4.78 is 5.25. The molecule has 2 aromatic carbocycles. The highest BCUT2D eigenvalue weighted by Crippen LogP contribution is 2.27. The molecule has 0 spiro atoms. The largest absolute Gasteiger partial charge is 0.495 e. The number of hydrogen-bond donors (Lipinski definition) is 1. The lowest BCUT2D eigenvalue weighted by molar-refractivity contribution is -0.120. The van der Waals surface area contributed by atoms with Gasteiger partial charge in [0.05, 0.1) is 12.8 Å². The molecule has 22 heavy (non-hydrogen) atoms. The molecule has 0 atom stereocenters. The Hall–Kier alpha value is -2.82. The lowest BCUT2D eigenvalue weighted by Crippen LogP contribution is -2.36. The van der Waals surface area contributed by atoms with Gasteiger partial charge in [-0.1, -0.05) is 30.3 Å². The summed E-state index contributed by atoms with van der Waals surface area (Å²) >= 11 is 0. The van der Waals surface area contributed by atoms with Gasteiger partial charge in [0.15, 0.2) is 0 Å². The second kappa shape index (κ2) is 7.26. The Balaban J connectivity index is 2.15. The number of para-hydroxylation sites is 3. The van der Waals surface area contributed by atoms with Gasteiger partial charge >= 0.3 is 0 Å². The van der Waals surface area contributed by atoms with Crippen LogP contribution in [0.3, 0.4) is 0 Å². The van der Waals surface area contributed by atoms with Crippen molar-refractivity contribution in [3.8, 4) is 5.75 Å². The third-order valence-electron chi connectivity index (χ3n) is 3.12. The number of rotatable bonds is 5. The van der Waals surface area contributed by atoms with E-state index in [-0.39, 0.29) is 18.4 Å². The molecule has 0 aliphatic carbocycles. The molecule has 0 fully saturated rings. The van der Waals surface area contributed by atoms with Gasteiger partial charge in [-0.15, -0.1) is 0 Å². The average molecular weight is 298 g/mol. The van der Waals surface area contributed by atoms with Gasteiger partial charge in [-0.2, -0.15) is 0 Å². The molecule has 5 heteroatoms. The van der Waals surface area contributed by atoms with Crippen LogP contribution in [0.15, 0.2) is 54.6 Å².